The van der Waals surface area contributed by atoms with Crippen molar-refractivity contribution in [2.24, 2.45) is 5.14 Å². The molecule has 1 aromatic carbocycles. The number of nitrogens with two attached hydrogens (primary N) is 1. The van der Waals surface area contributed by atoms with Crippen molar-refractivity contribution < 1.29 is 12.8 Å². The predicted octanol–water partition coefficient (Wildman–Crippen LogP) is 3.03. The number of furan rings is 1. The van der Waals surface area contributed by atoms with Gasteiger partial charge in [0.05, 0.1) is 10.9 Å². The monoisotopic (exact) mass is 308 g/mol. The molecule has 0 amide bonds. The van der Waals surface area contributed by atoms with Crippen LogP contribution in [0.5, 0.6) is 0 Å². The molecule has 3 N–H and O–H groups in total. The number of nitrogens with one attached hydrogen (secondary N) is 1. The second-order valence-corrected chi connectivity index (χ2v) is 6.74. The molecule has 21 heavy (non-hydrogen) atoms. The molecule has 1 heterocycles. The molecule has 2 rings (SSSR count). The first kappa shape index (κ1) is 15.6. The Morgan fingerprint density at radius 3 is 2.43 bits per heavy atom. The van der Waals surface area contributed by atoms with Crippen LogP contribution in [-0.4, -0.2) is 8.42 Å². The Kier molecular flexibility index (Phi) is 4.11. The maximum Gasteiger partial charge on any atom is 0.238 e. The molecule has 5 nitrogen and oxygen atoms in total. The van der Waals surface area contributed by atoms with E-state index in [0.717, 1.165) is 22.8 Å². The largest absolute Gasteiger partial charge is 0.466 e. The van der Waals surface area contributed by atoms with Crippen molar-refractivity contribution in [1.82, 2.24) is 0 Å². The highest BCUT2D eigenvalue weighted by molar-refractivity contribution is 7.89. The molecule has 0 aliphatic heterocycles. The van der Waals surface area contributed by atoms with Crippen LogP contribution in [0.1, 0.15) is 35.6 Å². The summed E-state index contributed by atoms with van der Waals surface area (Å²) in [5.74, 6) is 1.71. The summed E-state index contributed by atoms with van der Waals surface area (Å²) in [6.45, 7) is 7.55. The number of hydrogen-bond donors (Lipinski definition) is 2. The summed E-state index contributed by atoms with van der Waals surface area (Å²) in [6, 6.07) is 6.99. The molecule has 2 aromatic rings. The first-order valence-corrected chi connectivity index (χ1v) is 8.20. The molecule has 1 unspecified atom stereocenters. The van der Waals surface area contributed by atoms with E-state index in [1.165, 1.54) is 6.07 Å². The van der Waals surface area contributed by atoms with Gasteiger partial charge in [0.1, 0.15) is 11.5 Å². The Bertz CT molecular complexity index is 763. The van der Waals surface area contributed by atoms with Crippen molar-refractivity contribution in [2.45, 2.75) is 38.6 Å². The van der Waals surface area contributed by atoms with Crippen molar-refractivity contribution in [1.29, 1.82) is 0 Å². The molecular weight excluding hydrogens is 288 g/mol. The van der Waals surface area contributed by atoms with Gasteiger partial charge in [-0.05, 0) is 51.5 Å². The van der Waals surface area contributed by atoms with Gasteiger partial charge in [0.2, 0.25) is 10.0 Å². The highest BCUT2D eigenvalue weighted by Gasteiger charge is 2.17. The van der Waals surface area contributed by atoms with Gasteiger partial charge in [-0.2, -0.15) is 0 Å². The summed E-state index contributed by atoms with van der Waals surface area (Å²) < 4.78 is 28.6. The van der Waals surface area contributed by atoms with E-state index in [-0.39, 0.29) is 10.9 Å². The van der Waals surface area contributed by atoms with Crippen LogP contribution in [0.15, 0.2) is 33.6 Å². The van der Waals surface area contributed by atoms with Crippen LogP contribution >= 0.6 is 0 Å². The zero-order valence-electron chi connectivity index (χ0n) is 12.6. The SMILES string of the molecule is Cc1cc(C(C)Nc2cccc(S(N)(=O)=O)c2C)c(C)o1. The van der Waals surface area contributed by atoms with Gasteiger partial charge in [0.25, 0.3) is 0 Å². The van der Waals surface area contributed by atoms with E-state index in [0.29, 0.717) is 5.56 Å². The molecule has 1 atom stereocenters. The molecule has 0 bridgehead atoms. The zero-order chi connectivity index (χ0) is 15.8. The Labute approximate surface area is 125 Å². The van der Waals surface area contributed by atoms with Gasteiger partial charge >= 0.3 is 0 Å². The summed E-state index contributed by atoms with van der Waals surface area (Å²) in [7, 11) is -3.72. The molecule has 6 heteroatoms. The Hall–Kier alpha value is -1.79. The second kappa shape index (κ2) is 5.54. The molecule has 0 saturated carbocycles. The highest BCUT2D eigenvalue weighted by Crippen LogP contribution is 2.28. The summed E-state index contributed by atoms with van der Waals surface area (Å²) >= 11 is 0. The molecule has 0 radical (unpaired) electrons. The van der Waals surface area contributed by atoms with Crippen molar-refractivity contribution in [3.63, 3.8) is 0 Å². The first-order valence-electron chi connectivity index (χ1n) is 6.66. The van der Waals surface area contributed by atoms with Gasteiger partial charge in [-0.1, -0.05) is 6.07 Å². The van der Waals surface area contributed by atoms with Gasteiger partial charge in [-0.25, -0.2) is 13.6 Å². The predicted molar refractivity (Wildman–Crippen MR) is 82.8 cm³/mol. The van der Waals surface area contributed by atoms with Gasteiger partial charge < -0.3 is 9.73 Å². The van der Waals surface area contributed by atoms with Gasteiger partial charge in [0.15, 0.2) is 0 Å². The standard InChI is InChI=1S/C15H20N2O3S/c1-9-8-13(12(4)20-9)11(3)17-14-6-5-7-15(10(14)2)21(16,18)19/h5-8,11,17H,1-4H3,(H2,16,18,19). The minimum absolute atomic E-state index is 0.00289. The Morgan fingerprint density at radius 2 is 1.90 bits per heavy atom. The topological polar surface area (TPSA) is 85.3 Å². The lowest BCUT2D eigenvalue weighted by molar-refractivity contribution is 0.500. The molecule has 1 aromatic heterocycles. The normalized spacial score (nSPS) is 13.2. The number of anilines is 1. The lowest BCUT2D eigenvalue weighted by atomic mass is 10.1. The minimum atomic E-state index is -3.72. The van der Waals surface area contributed by atoms with Crippen LogP contribution in [0.3, 0.4) is 0 Å². The lowest BCUT2D eigenvalue weighted by Gasteiger charge is -2.18. The summed E-state index contributed by atoms with van der Waals surface area (Å²) in [6.07, 6.45) is 0. The zero-order valence-corrected chi connectivity index (χ0v) is 13.4. The fraction of sp³-hybridized carbons (Fsp3) is 0.333. The number of benzene rings is 1. The van der Waals surface area contributed by atoms with E-state index in [2.05, 4.69) is 5.32 Å². The average molecular weight is 308 g/mol. The molecule has 0 aliphatic carbocycles. The second-order valence-electron chi connectivity index (χ2n) is 5.21. The maximum atomic E-state index is 11.6. The molecule has 114 valence electrons. The van der Waals surface area contributed by atoms with Crippen molar-refractivity contribution >= 4 is 15.7 Å². The maximum absolute atomic E-state index is 11.6. The van der Waals surface area contributed by atoms with Crippen molar-refractivity contribution in [2.75, 3.05) is 5.32 Å². The number of aryl methyl sites for hydroxylation is 2. The number of rotatable bonds is 4. The third kappa shape index (κ3) is 3.28. The minimum Gasteiger partial charge on any atom is -0.466 e. The van der Waals surface area contributed by atoms with E-state index in [1.807, 2.05) is 32.9 Å². The van der Waals surface area contributed by atoms with E-state index < -0.39 is 10.0 Å². The van der Waals surface area contributed by atoms with Gasteiger partial charge in [-0.15, -0.1) is 0 Å². The molecule has 0 saturated heterocycles. The number of primary sulfonamides is 1. The molecule has 0 fully saturated rings. The molecular formula is C15H20N2O3S. The number of sulfonamides is 1. The Balaban J connectivity index is 2.34. The van der Waals surface area contributed by atoms with Crippen LogP contribution in [0.2, 0.25) is 0 Å². The Morgan fingerprint density at radius 1 is 1.24 bits per heavy atom. The van der Waals surface area contributed by atoms with E-state index in [4.69, 9.17) is 9.56 Å². The third-order valence-corrected chi connectivity index (χ3v) is 4.56. The van der Waals surface area contributed by atoms with Crippen molar-refractivity contribution in [3.8, 4) is 0 Å². The lowest BCUT2D eigenvalue weighted by Crippen LogP contribution is -2.15. The van der Waals surface area contributed by atoms with E-state index in [1.54, 1.807) is 13.0 Å². The fourth-order valence-electron chi connectivity index (χ4n) is 2.47. The van der Waals surface area contributed by atoms with Crippen LogP contribution in [0.4, 0.5) is 5.69 Å². The van der Waals surface area contributed by atoms with Crippen LogP contribution < -0.4 is 10.5 Å². The summed E-state index contributed by atoms with van der Waals surface area (Å²) in [5, 5.41) is 8.54. The van der Waals surface area contributed by atoms with Crippen molar-refractivity contribution in [3.05, 3.63) is 46.9 Å². The first-order chi connectivity index (χ1) is 9.70. The average Bonchev–Trinajstić information content (AvgIpc) is 2.69. The van der Waals surface area contributed by atoms with Gasteiger partial charge in [-0.3, -0.25) is 0 Å². The van der Waals surface area contributed by atoms with Crippen LogP contribution in [0.25, 0.3) is 0 Å². The summed E-state index contributed by atoms with van der Waals surface area (Å²) in [5.41, 5.74) is 2.41. The smallest absolute Gasteiger partial charge is 0.238 e. The summed E-state index contributed by atoms with van der Waals surface area (Å²) in [4.78, 5) is 0.139. The van der Waals surface area contributed by atoms with Crippen LogP contribution in [-0.2, 0) is 10.0 Å². The van der Waals surface area contributed by atoms with E-state index in [9.17, 15) is 8.42 Å². The van der Waals surface area contributed by atoms with Crippen LogP contribution in [0, 0.1) is 20.8 Å². The van der Waals surface area contributed by atoms with Gasteiger partial charge in [0, 0.05) is 11.3 Å². The quantitative estimate of drug-likeness (QED) is 0.909. The molecule has 0 aliphatic rings. The fourth-order valence-corrected chi connectivity index (χ4v) is 3.28. The van der Waals surface area contributed by atoms with E-state index >= 15 is 0 Å². The highest BCUT2D eigenvalue weighted by atomic mass is 32.2. The third-order valence-electron chi connectivity index (χ3n) is 3.51. The number of hydrogen-bond acceptors (Lipinski definition) is 4. The molecule has 0 spiro atoms.